The number of ether oxygens (including phenoxy) is 1. The van der Waals surface area contributed by atoms with Crippen molar-refractivity contribution >= 4 is 32.3 Å². The zero-order chi connectivity index (χ0) is 21.3. The first-order valence-corrected chi connectivity index (χ1v) is 12.0. The molecular formula is C20H21N3O5S2. The monoisotopic (exact) mass is 447 g/mol. The Bertz CT molecular complexity index is 1260. The molecule has 0 unspecified atom stereocenters. The molecule has 3 aromatic rings. The minimum atomic E-state index is -3.58. The van der Waals surface area contributed by atoms with Crippen LogP contribution in [0.3, 0.4) is 0 Å². The van der Waals surface area contributed by atoms with Crippen LogP contribution in [0.5, 0.6) is 0 Å². The quantitative estimate of drug-likeness (QED) is 0.581. The molecule has 1 aromatic carbocycles. The van der Waals surface area contributed by atoms with Gasteiger partial charge in [-0.05, 0) is 49.9 Å². The number of aromatic nitrogens is 2. The van der Waals surface area contributed by atoms with Gasteiger partial charge in [0.25, 0.3) is 5.56 Å². The number of nitrogens with one attached hydrogen (secondary N) is 1. The summed E-state index contributed by atoms with van der Waals surface area (Å²) in [6, 6.07) is 6.88. The highest BCUT2D eigenvalue weighted by atomic mass is 32.2. The van der Waals surface area contributed by atoms with Crippen molar-refractivity contribution in [3.8, 4) is 0 Å². The molecule has 0 atom stereocenters. The van der Waals surface area contributed by atoms with Gasteiger partial charge in [0.15, 0.2) is 4.96 Å². The first kappa shape index (κ1) is 20.7. The molecule has 8 nitrogen and oxygen atoms in total. The molecule has 0 fully saturated rings. The van der Waals surface area contributed by atoms with E-state index < -0.39 is 16.0 Å². The van der Waals surface area contributed by atoms with Gasteiger partial charge in [0.05, 0.1) is 16.2 Å². The number of hydrogen-bond acceptors (Lipinski definition) is 7. The van der Waals surface area contributed by atoms with E-state index in [1.807, 2.05) is 0 Å². The van der Waals surface area contributed by atoms with E-state index in [4.69, 9.17) is 4.74 Å². The number of carbonyl (C=O) groups excluding carboxylic acids is 1. The SMILES string of the molecule is CCNS(=O)(=O)c1ccc(C(=O)OCc2cc(=O)n3c4c(sc3n2)CCCC4)cc1. The maximum Gasteiger partial charge on any atom is 0.338 e. The molecular weight excluding hydrogens is 426 g/mol. The molecule has 0 saturated heterocycles. The molecule has 1 aliphatic carbocycles. The molecule has 0 saturated carbocycles. The minimum Gasteiger partial charge on any atom is -0.456 e. The zero-order valence-electron chi connectivity index (χ0n) is 16.4. The van der Waals surface area contributed by atoms with Crippen molar-refractivity contribution in [2.75, 3.05) is 6.54 Å². The normalized spacial score (nSPS) is 13.9. The van der Waals surface area contributed by atoms with Crippen molar-refractivity contribution in [3.63, 3.8) is 0 Å². The van der Waals surface area contributed by atoms with Crippen molar-refractivity contribution in [2.45, 2.75) is 44.1 Å². The van der Waals surface area contributed by atoms with Crippen LogP contribution in [0.2, 0.25) is 0 Å². The number of hydrogen-bond donors (Lipinski definition) is 1. The first-order valence-electron chi connectivity index (χ1n) is 9.69. The Kier molecular flexibility index (Phi) is 5.72. The van der Waals surface area contributed by atoms with Gasteiger partial charge in [-0.25, -0.2) is 22.9 Å². The van der Waals surface area contributed by atoms with Crippen molar-refractivity contribution in [1.29, 1.82) is 0 Å². The van der Waals surface area contributed by atoms with Crippen LogP contribution in [0.25, 0.3) is 4.96 Å². The van der Waals surface area contributed by atoms with Gasteiger partial charge in [-0.2, -0.15) is 0 Å². The molecule has 10 heteroatoms. The van der Waals surface area contributed by atoms with E-state index in [0.29, 0.717) is 10.7 Å². The van der Waals surface area contributed by atoms with Gasteiger partial charge in [0.1, 0.15) is 6.61 Å². The second-order valence-electron chi connectivity index (χ2n) is 6.98. The van der Waals surface area contributed by atoms with Gasteiger partial charge >= 0.3 is 5.97 Å². The Morgan fingerprint density at radius 1 is 1.23 bits per heavy atom. The highest BCUT2D eigenvalue weighted by molar-refractivity contribution is 7.89. The topological polar surface area (TPSA) is 107 Å². The molecule has 1 aliphatic rings. The molecule has 0 radical (unpaired) electrons. The van der Waals surface area contributed by atoms with Crippen LogP contribution in [0.15, 0.2) is 40.0 Å². The van der Waals surface area contributed by atoms with Crippen LogP contribution < -0.4 is 10.3 Å². The van der Waals surface area contributed by atoms with Crippen LogP contribution in [-0.4, -0.2) is 30.3 Å². The fourth-order valence-corrected chi connectivity index (χ4v) is 5.76. The fourth-order valence-electron chi connectivity index (χ4n) is 3.48. The number of aryl methyl sites for hydroxylation is 2. The van der Waals surface area contributed by atoms with Gasteiger partial charge in [-0.15, -0.1) is 11.3 Å². The number of rotatable bonds is 6. The number of sulfonamides is 1. The van der Waals surface area contributed by atoms with E-state index >= 15 is 0 Å². The maximum absolute atomic E-state index is 12.6. The highest BCUT2D eigenvalue weighted by Crippen LogP contribution is 2.28. The Labute approximate surface area is 177 Å². The summed E-state index contributed by atoms with van der Waals surface area (Å²) in [5.74, 6) is -0.616. The van der Waals surface area contributed by atoms with Gasteiger partial charge in [-0.3, -0.25) is 9.20 Å². The number of carbonyl (C=O) groups is 1. The van der Waals surface area contributed by atoms with E-state index in [2.05, 4.69) is 9.71 Å². The molecule has 1 N–H and O–H groups in total. The van der Waals surface area contributed by atoms with Crippen LogP contribution in [0.1, 0.15) is 46.4 Å². The molecule has 4 rings (SSSR count). The minimum absolute atomic E-state index is 0.0719. The maximum atomic E-state index is 12.6. The van der Waals surface area contributed by atoms with Crippen molar-refractivity contribution in [3.05, 3.63) is 62.5 Å². The lowest BCUT2D eigenvalue weighted by atomic mass is 10.0. The van der Waals surface area contributed by atoms with Crippen LogP contribution in [0, 0.1) is 0 Å². The van der Waals surface area contributed by atoms with E-state index in [1.54, 1.807) is 11.3 Å². The lowest BCUT2D eigenvalue weighted by Crippen LogP contribution is -2.23. The molecule has 2 heterocycles. The summed E-state index contributed by atoms with van der Waals surface area (Å²) in [4.78, 5) is 31.3. The second-order valence-corrected chi connectivity index (χ2v) is 9.81. The smallest absolute Gasteiger partial charge is 0.338 e. The Hall–Kier alpha value is -2.56. The van der Waals surface area contributed by atoms with E-state index in [9.17, 15) is 18.0 Å². The summed E-state index contributed by atoms with van der Waals surface area (Å²) in [6.07, 6.45) is 4.03. The largest absolute Gasteiger partial charge is 0.456 e. The van der Waals surface area contributed by atoms with Gasteiger partial charge in [-0.1, -0.05) is 6.92 Å². The molecule has 158 valence electrons. The predicted molar refractivity (Wildman–Crippen MR) is 112 cm³/mol. The van der Waals surface area contributed by atoms with Gasteiger partial charge in [0, 0.05) is 23.2 Å². The molecule has 0 spiro atoms. The predicted octanol–water partition coefficient (Wildman–Crippen LogP) is 2.29. The lowest BCUT2D eigenvalue weighted by Gasteiger charge is -2.10. The third kappa shape index (κ3) is 4.03. The van der Waals surface area contributed by atoms with E-state index in [-0.39, 0.29) is 29.2 Å². The molecule has 30 heavy (non-hydrogen) atoms. The van der Waals surface area contributed by atoms with Crippen LogP contribution >= 0.6 is 11.3 Å². The standard InChI is InChI=1S/C20H21N3O5S2/c1-2-21-30(26,27)15-9-7-13(8-10-15)19(25)28-12-14-11-18(24)23-16-5-3-4-6-17(16)29-20(23)22-14/h7-11,21H,2-6,12H2,1H3. The summed E-state index contributed by atoms with van der Waals surface area (Å²) < 4.78 is 33.3. The van der Waals surface area contributed by atoms with E-state index in [1.165, 1.54) is 46.5 Å². The number of esters is 1. The van der Waals surface area contributed by atoms with Gasteiger partial charge in [0.2, 0.25) is 10.0 Å². The van der Waals surface area contributed by atoms with E-state index in [0.717, 1.165) is 31.4 Å². The van der Waals surface area contributed by atoms with Crippen molar-refractivity contribution in [1.82, 2.24) is 14.1 Å². The summed E-state index contributed by atoms with van der Waals surface area (Å²) in [5, 5.41) is 0. The lowest BCUT2D eigenvalue weighted by molar-refractivity contribution is 0.0467. The summed E-state index contributed by atoms with van der Waals surface area (Å²) >= 11 is 1.52. The summed E-state index contributed by atoms with van der Waals surface area (Å²) in [5.41, 5.74) is 1.49. The second kappa shape index (κ2) is 8.29. The molecule has 0 aliphatic heterocycles. The third-order valence-corrected chi connectivity index (χ3v) is 7.60. The van der Waals surface area contributed by atoms with Crippen molar-refractivity contribution in [2.24, 2.45) is 0 Å². The van der Waals surface area contributed by atoms with Crippen molar-refractivity contribution < 1.29 is 17.9 Å². The fraction of sp³-hybridized carbons (Fsp3) is 0.350. The molecule has 0 bridgehead atoms. The van der Waals surface area contributed by atoms with Crippen LogP contribution in [-0.2, 0) is 34.2 Å². The number of fused-ring (bicyclic) bond motifs is 3. The van der Waals surface area contributed by atoms with Gasteiger partial charge < -0.3 is 4.74 Å². The van der Waals surface area contributed by atoms with Crippen LogP contribution in [0.4, 0.5) is 0 Å². The molecule has 2 aromatic heterocycles. The first-order chi connectivity index (χ1) is 14.4. The summed E-state index contributed by atoms with van der Waals surface area (Å²) in [6.45, 7) is 1.83. The summed E-state index contributed by atoms with van der Waals surface area (Å²) in [7, 11) is -3.58. The Morgan fingerprint density at radius 2 is 1.97 bits per heavy atom. The Balaban J connectivity index is 1.49. The number of benzene rings is 1. The number of thiazole rings is 1. The average Bonchev–Trinajstić information content (AvgIpc) is 3.11. The molecule has 0 amide bonds. The highest BCUT2D eigenvalue weighted by Gasteiger charge is 2.19. The third-order valence-electron chi connectivity index (χ3n) is 4.90. The zero-order valence-corrected chi connectivity index (χ0v) is 18.0. The number of nitrogens with zero attached hydrogens (tertiary/aromatic N) is 2. The Morgan fingerprint density at radius 3 is 2.70 bits per heavy atom. The average molecular weight is 448 g/mol.